The summed E-state index contributed by atoms with van der Waals surface area (Å²) in [6.45, 7) is 4.21. The molecule has 7 nitrogen and oxygen atoms in total. The molecule has 115 valence electrons. The first kappa shape index (κ1) is 18.4. The molecule has 0 saturated carbocycles. The van der Waals surface area contributed by atoms with Gasteiger partial charge in [0.1, 0.15) is 6.04 Å². The minimum atomic E-state index is -1.14. The van der Waals surface area contributed by atoms with E-state index < -0.39 is 12.0 Å². The first-order valence-electron chi connectivity index (χ1n) is 6.93. The number of nitrogens with zero attached hydrogens (tertiary/aromatic N) is 1. The zero-order chi connectivity index (χ0) is 15.5. The molecule has 0 aromatic carbocycles. The van der Waals surface area contributed by atoms with E-state index in [-0.39, 0.29) is 24.2 Å². The van der Waals surface area contributed by atoms with Crippen molar-refractivity contribution >= 4 is 17.8 Å². The van der Waals surface area contributed by atoms with Crippen LogP contribution in [0.15, 0.2) is 4.99 Å². The Morgan fingerprint density at radius 1 is 1.35 bits per heavy atom. The number of carbonyl (C=O) groups excluding carboxylic acids is 1. The van der Waals surface area contributed by atoms with E-state index in [2.05, 4.69) is 17.2 Å². The lowest BCUT2D eigenvalue weighted by Crippen LogP contribution is -2.40. The molecule has 0 spiro atoms. The molecule has 0 fully saturated rings. The number of nitrogens with two attached hydrogens (primary N) is 1. The molecule has 20 heavy (non-hydrogen) atoms. The Labute approximate surface area is 119 Å². The number of guanidine groups is 1. The maximum Gasteiger partial charge on any atom is 0.322 e. The van der Waals surface area contributed by atoms with Gasteiger partial charge in [0.2, 0.25) is 5.91 Å². The molecule has 1 radical (unpaired) electrons. The molecule has 7 heteroatoms. The number of carboxylic acid groups (broad SMARTS) is 1. The van der Waals surface area contributed by atoms with Gasteiger partial charge in [-0.2, -0.15) is 0 Å². The Balaban J connectivity index is 3.95. The lowest BCUT2D eigenvalue weighted by molar-refractivity contribution is -0.138. The molecule has 0 bridgehead atoms. The number of hydrogen-bond acceptors (Lipinski definition) is 3. The molecule has 0 saturated heterocycles. The third kappa shape index (κ3) is 8.47. The third-order valence-electron chi connectivity index (χ3n) is 2.92. The second-order valence-electron chi connectivity index (χ2n) is 4.83. The fourth-order valence-corrected chi connectivity index (χ4v) is 1.55. The van der Waals surface area contributed by atoms with Gasteiger partial charge in [0.15, 0.2) is 5.96 Å². The van der Waals surface area contributed by atoms with Crippen molar-refractivity contribution in [3.05, 3.63) is 0 Å². The van der Waals surface area contributed by atoms with Gasteiger partial charge in [-0.05, 0) is 19.3 Å². The van der Waals surface area contributed by atoms with E-state index in [1.165, 1.54) is 0 Å². The number of rotatable bonds is 9. The second kappa shape index (κ2) is 10.2. The van der Waals surface area contributed by atoms with Crippen molar-refractivity contribution in [1.82, 2.24) is 11.1 Å². The summed E-state index contributed by atoms with van der Waals surface area (Å²) >= 11 is 0. The molecule has 5 N–H and O–H groups in total. The van der Waals surface area contributed by atoms with Crippen LogP contribution in [0.5, 0.6) is 0 Å². The lowest BCUT2D eigenvalue weighted by Gasteiger charge is -2.11. The van der Waals surface area contributed by atoms with Crippen LogP contribution in [0.4, 0.5) is 0 Å². The number of carboxylic acids is 1. The van der Waals surface area contributed by atoms with E-state index in [1.54, 1.807) is 0 Å². The summed E-state index contributed by atoms with van der Waals surface area (Å²) in [5.41, 5.74) is 12.8. The van der Waals surface area contributed by atoms with Gasteiger partial charge >= 0.3 is 5.97 Å². The molecular formula is C13H25N4O3. The van der Waals surface area contributed by atoms with Crippen molar-refractivity contribution in [2.24, 2.45) is 16.6 Å². The molecular weight excluding hydrogens is 260 g/mol. The molecule has 0 rings (SSSR count). The smallest absolute Gasteiger partial charge is 0.322 e. The molecule has 2 unspecified atom stereocenters. The van der Waals surface area contributed by atoms with E-state index in [1.807, 2.05) is 6.92 Å². The third-order valence-corrected chi connectivity index (χ3v) is 2.92. The van der Waals surface area contributed by atoms with Crippen LogP contribution in [0.2, 0.25) is 0 Å². The summed E-state index contributed by atoms with van der Waals surface area (Å²) in [5.74, 6) is -1.34. The van der Waals surface area contributed by atoms with Crippen LogP contribution >= 0.6 is 0 Å². The van der Waals surface area contributed by atoms with Crippen LogP contribution < -0.4 is 16.8 Å². The summed E-state index contributed by atoms with van der Waals surface area (Å²) in [5, 5.41) is 11.1. The minimum Gasteiger partial charge on any atom is -0.480 e. The number of hydrogen-bond donors (Lipinski definition) is 3. The van der Waals surface area contributed by atoms with Gasteiger partial charge < -0.3 is 10.8 Å². The van der Waals surface area contributed by atoms with Crippen LogP contribution in [0.1, 0.15) is 46.0 Å². The lowest BCUT2D eigenvalue weighted by atomic mass is 10.0. The van der Waals surface area contributed by atoms with E-state index in [4.69, 9.17) is 16.6 Å². The fraction of sp³-hybridized carbons (Fsp3) is 0.769. The van der Waals surface area contributed by atoms with Gasteiger partial charge in [0, 0.05) is 12.5 Å². The summed E-state index contributed by atoms with van der Waals surface area (Å²) in [6.07, 6.45) is 3.51. The predicted octanol–water partition coefficient (Wildman–Crippen LogP) is 0.760. The number of aliphatic imine (C=N–C) groups is 1. The summed E-state index contributed by atoms with van der Waals surface area (Å²) < 4.78 is 0. The fourth-order valence-electron chi connectivity index (χ4n) is 1.55. The Kier molecular flexibility index (Phi) is 9.36. The highest BCUT2D eigenvalue weighted by molar-refractivity contribution is 5.96. The topological polar surface area (TPSA) is 129 Å². The second-order valence-corrected chi connectivity index (χ2v) is 4.83. The number of unbranched alkanes of at least 4 members (excludes halogenated alkanes) is 1. The van der Waals surface area contributed by atoms with Gasteiger partial charge in [-0.1, -0.05) is 26.7 Å². The molecule has 0 aromatic rings. The minimum absolute atomic E-state index is 0.0511. The molecule has 0 heterocycles. The highest BCUT2D eigenvalue weighted by atomic mass is 16.4. The highest BCUT2D eigenvalue weighted by Crippen LogP contribution is 2.07. The summed E-state index contributed by atoms with van der Waals surface area (Å²) in [6, 6.07) is -1.13. The van der Waals surface area contributed by atoms with Crippen molar-refractivity contribution in [2.45, 2.75) is 52.0 Å². The van der Waals surface area contributed by atoms with Crippen molar-refractivity contribution in [1.29, 1.82) is 0 Å². The standard InChI is InChI=1S/C13H25N4O3/c1-3-4-6-9(2)11(18)17-13(15)16-8-5-7-10(14)12(19)20/h9-10,14H,3-8H2,1-2H3,(H,19,20)(H3,15,16,17,18). The first-order chi connectivity index (χ1) is 9.38. The highest BCUT2D eigenvalue weighted by Gasteiger charge is 2.13. The zero-order valence-corrected chi connectivity index (χ0v) is 12.2. The van der Waals surface area contributed by atoms with E-state index in [0.29, 0.717) is 13.0 Å². The van der Waals surface area contributed by atoms with Gasteiger partial charge in [0.25, 0.3) is 0 Å². The van der Waals surface area contributed by atoms with Crippen molar-refractivity contribution < 1.29 is 14.7 Å². The van der Waals surface area contributed by atoms with Crippen LogP contribution in [0.25, 0.3) is 0 Å². The quantitative estimate of drug-likeness (QED) is 0.328. The largest absolute Gasteiger partial charge is 0.480 e. The van der Waals surface area contributed by atoms with Gasteiger partial charge in [-0.15, -0.1) is 0 Å². The zero-order valence-electron chi connectivity index (χ0n) is 12.2. The SMILES string of the molecule is CCCCC(C)C(=O)NC(N)=NCCCC([NH])C(=O)O. The van der Waals surface area contributed by atoms with Crippen molar-refractivity contribution in [3.63, 3.8) is 0 Å². The number of carbonyl (C=O) groups is 2. The molecule has 0 aliphatic carbocycles. The summed E-state index contributed by atoms with van der Waals surface area (Å²) in [4.78, 5) is 26.1. The molecule has 0 aromatic heterocycles. The first-order valence-corrected chi connectivity index (χ1v) is 6.93. The average Bonchev–Trinajstić information content (AvgIpc) is 2.40. The van der Waals surface area contributed by atoms with Gasteiger partial charge in [-0.25, -0.2) is 5.73 Å². The Hall–Kier alpha value is -1.63. The van der Waals surface area contributed by atoms with E-state index in [9.17, 15) is 9.59 Å². The van der Waals surface area contributed by atoms with E-state index >= 15 is 0 Å². The Morgan fingerprint density at radius 3 is 2.55 bits per heavy atom. The Morgan fingerprint density at radius 2 is 2.00 bits per heavy atom. The molecule has 0 aliphatic heterocycles. The van der Waals surface area contributed by atoms with Crippen LogP contribution in [-0.4, -0.2) is 35.5 Å². The predicted molar refractivity (Wildman–Crippen MR) is 77.1 cm³/mol. The number of nitrogens with one attached hydrogen (secondary N) is 2. The maximum absolute atomic E-state index is 11.7. The molecule has 1 amide bonds. The summed E-state index contributed by atoms with van der Waals surface area (Å²) in [7, 11) is 0. The number of amides is 1. The van der Waals surface area contributed by atoms with Crippen molar-refractivity contribution in [2.75, 3.05) is 6.54 Å². The molecule has 0 aliphatic rings. The average molecular weight is 285 g/mol. The van der Waals surface area contributed by atoms with Gasteiger partial charge in [-0.3, -0.25) is 19.9 Å². The van der Waals surface area contributed by atoms with Crippen molar-refractivity contribution in [3.8, 4) is 0 Å². The molecule has 2 atom stereocenters. The van der Waals surface area contributed by atoms with Gasteiger partial charge in [0.05, 0.1) is 0 Å². The van der Waals surface area contributed by atoms with E-state index in [0.717, 1.165) is 19.3 Å². The van der Waals surface area contributed by atoms with Crippen LogP contribution in [0.3, 0.4) is 0 Å². The normalized spacial score (nSPS) is 14.7. The van der Waals surface area contributed by atoms with Crippen LogP contribution in [-0.2, 0) is 9.59 Å². The maximum atomic E-state index is 11.7. The Bertz CT molecular complexity index is 345. The number of aliphatic carboxylic acids is 1. The van der Waals surface area contributed by atoms with Crippen LogP contribution in [0, 0.1) is 5.92 Å². The monoisotopic (exact) mass is 285 g/mol.